The minimum absolute atomic E-state index is 0.0944. The first kappa shape index (κ1) is 18.3. The normalized spacial score (nSPS) is 21.9. The van der Waals surface area contributed by atoms with Crippen LogP contribution in [-0.4, -0.2) is 46.9 Å². The first-order valence-corrected chi connectivity index (χ1v) is 9.60. The standard InChI is InChI=1S/C21H24N6O/c1-3-21-10-7-11-27(21)19-16(26(2)20(21)28)13-24-18(25-19)15(12-22)17(23)14-8-5-4-6-9-14/h4-6,8-9,12-13,15,22-23H,3,7,10-11H2,1-2H3. The van der Waals surface area contributed by atoms with E-state index in [4.69, 9.17) is 15.8 Å². The summed E-state index contributed by atoms with van der Waals surface area (Å²) in [6, 6.07) is 9.35. The van der Waals surface area contributed by atoms with E-state index in [1.165, 1.54) is 6.21 Å². The Kier molecular flexibility index (Phi) is 4.45. The van der Waals surface area contributed by atoms with Crippen molar-refractivity contribution in [3.05, 3.63) is 47.9 Å². The van der Waals surface area contributed by atoms with Gasteiger partial charge in [0.25, 0.3) is 5.91 Å². The van der Waals surface area contributed by atoms with Gasteiger partial charge in [0.1, 0.15) is 17.1 Å². The van der Waals surface area contributed by atoms with E-state index in [-0.39, 0.29) is 5.91 Å². The van der Waals surface area contributed by atoms with Crippen molar-refractivity contribution in [2.45, 2.75) is 37.6 Å². The molecule has 1 amide bonds. The van der Waals surface area contributed by atoms with Crippen LogP contribution in [0, 0.1) is 10.8 Å². The summed E-state index contributed by atoms with van der Waals surface area (Å²) in [5.74, 6) is 0.618. The molecule has 4 rings (SSSR count). The summed E-state index contributed by atoms with van der Waals surface area (Å²) < 4.78 is 0. The molecule has 1 aromatic heterocycles. The Morgan fingerprint density at radius 3 is 2.79 bits per heavy atom. The number of aromatic nitrogens is 2. The molecule has 2 aliphatic heterocycles. The molecule has 0 radical (unpaired) electrons. The lowest BCUT2D eigenvalue weighted by Crippen LogP contribution is -2.59. The average Bonchev–Trinajstić information content (AvgIpc) is 3.19. The zero-order valence-electron chi connectivity index (χ0n) is 16.1. The number of benzene rings is 1. The molecule has 3 heterocycles. The molecule has 7 heteroatoms. The number of hydrogen-bond acceptors (Lipinski definition) is 6. The zero-order valence-corrected chi connectivity index (χ0v) is 16.1. The Morgan fingerprint density at radius 2 is 2.11 bits per heavy atom. The van der Waals surface area contributed by atoms with E-state index in [1.54, 1.807) is 18.1 Å². The monoisotopic (exact) mass is 376 g/mol. The summed E-state index contributed by atoms with van der Waals surface area (Å²) in [5.41, 5.74) is 1.18. The van der Waals surface area contributed by atoms with Crippen LogP contribution in [0.1, 0.15) is 43.5 Å². The first-order valence-electron chi connectivity index (χ1n) is 9.60. The van der Waals surface area contributed by atoms with Crippen LogP contribution in [0.4, 0.5) is 11.5 Å². The fraction of sp³-hybridized carbons (Fsp3) is 0.381. The van der Waals surface area contributed by atoms with E-state index in [0.29, 0.717) is 17.2 Å². The summed E-state index contributed by atoms with van der Waals surface area (Å²) in [6.45, 7) is 2.82. The highest BCUT2D eigenvalue weighted by Crippen LogP contribution is 2.45. The topological polar surface area (TPSA) is 97.0 Å². The highest BCUT2D eigenvalue weighted by molar-refractivity contribution is 6.11. The average molecular weight is 376 g/mol. The maximum Gasteiger partial charge on any atom is 0.252 e. The van der Waals surface area contributed by atoms with Crippen molar-refractivity contribution in [1.29, 1.82) is 10.8 Å². The van der Waals surface area contributed by atoms with E-state index in [2.05, 4.69) is 9.88 Å². The van der Waals surface area contributed by atoms with Crippen LogP contribution in [0.3, 0.4) is 0 Å². The summed E-state index contributed by atoms with van der Waals surface area (Å²) in [7, 11) is 1.78. The zero-order chi connectivity index (χ0) is 19.9. The molecule has 2 atom stereocenters. The van der Waals surface area contributed by atoms with Crippen molar-refractivity contribution in [3.8, 4) is 0 Å². The van der Waals surface area contributed by atoms with Gasteiger partial charge in [-0.25, -0.2) is 9.97 Å². The molecule has 2 aromatic rings. The van der Waals surface area contributed by atoms with Crippen molar-refractivity contribution in [2.75, 3.05) is 23.4 Å². The fourth-order valence-electron chi connectivity index (χ4n) is 4.40. The highest BCUT2D eigenvalue weighted by Gasteiger charge is 2.52. The van der Waals surface area contributed by atoms with Crippen LogP contribution in [0.15, 0.2) is 36.5 Å². The van der Waals surface area contributed by atoms with E-state index in [1.807, 2.05) is 37.3 Å². The molecule has 2 N–H and O–H groups in total. The van der Waals surface area contributed by atoms with Gasteiger partial charge in [-0.15, -0.1) is 0 Å². The van der Waals surface area contributed by atoms with E-state index in [9.17, 15) is 4.79 Å². The predicted molar refractivity (Wildman–Crippen MR) is 110 cm³/mol. The number of carbonyl (C=O) groups excluding carboxylic acids is 1. The third kappa shape index (κ3) is 2.53. The Bertz CT molecular complexity index is 943. The fourth-order valence-corrected chi connectivity index (χ4v) is 4.40. The molecule has 2 aliphatic rings. The van der Waals surface area contributed by atoms with Gasteiger partial charge in [0.15, 0.2) is 5.82 Å². The minimum Gasteiger partial charge on any atom is -0.340 e. The number of fused-ring (bicyclic) bond motifs is 3. The maximum absolute atomic E-state index is 13.0. The second-order valence-corrected chi connectivity index (χ2v) is 7.37. The van der Waals surface area contributed by atoms with Crippen LogP contribution < -0.4 is 9.80 Å². The molecular weight excluding hydrogens is 352 g/mol. The number of anilines is 2. The number of likely N-dealkylation sites (N-methyl/N-ethyl adjacent to an activating group) is 1. The summed E-state index contributed by atoms with van der Waals surface area (Å²) in [5, 5.41) is 16.4. The van der Waals surface area contributed by atoms with Crippen molar-refractivity contribution >= 4 is 29.3 Å². The van der Waals surface area contributed by atoms with Crippen LogP contribution in [0.2, 0.25) is 0 Å². The van der Waals surface area contributed by atoms with Gasteiger partial charge >= 0.3 is 0 Å². The Balaban J connectivity index is 1.78. The summed E-state index contributed by atoms with van der Waals surface area (Å²) in [6.07, 6.45) is 5.36. The summed E-state index contributed by atoms with van der Waals surface area (Å²) >= 11 is 0. The minimum atomic E-state index is -0.630. The van der Waals surface area contributed by atoms with Gasteiger partial charge in [0, 0.05) is 19.8 Å². The van der Waals surface area contributed by atoms with Crippen molar-refractivity contribution < 1.29 is 4.79 Å². The van der Waals surface area contributed by atoms with E-state index < -0.39 is 11.5 Å². The predicted octanol–water partition coefficient (Wildman–Crippen LogP) is 3.00. The molecule has 2 unspecified atom stereocenters. The SMILES string of the molecule is CCC12CCCN1c1nc(C(C=N)C(=N)c3ccccc3)ncc1N(C)C2=O. The molecule has 0 bridgehead atoms. The lowest BCUT2D eigenvalue weighted by Gasteiger charge is -2.45. The molecule has 0 spiro atoms. The Labute approximate surface area is 164 Å². The van der Waals surface area contributed by atoms with Gasteiger partial charge in [0.2, 0.25) is 0 Å². The van der Waals surface area contributed by atoms with Crippen molar-refractivity contribution in [1.82, 2.24) is 9.97 Å². The number of nitrogens with one attached hydrogen (secondary N) is 2. The number of amides is 1. The summed E-state index contributed by atoms with van der Waals surface area (Å²) in [4.78, 5) is 26.0. The molecule has 1 saturated heterocycles. The quantitative estimate of drug-likeness (QED) is 0.784. The molecule has 1 fully saturated rings. The maximum atomic E-state index is 13.0. The van der Waals surface area contributed by atoms with Gasteiger partial charge in [-0.3, -0.25) is 4.79 Å². The van der Waals surface area contributed by atoms with Crippen LogP contribution in [0.5, 0.6) is 0 Å². The van der Waals surface area contributed by atoms with Crippen LogP contribution >= 0.6 is 0 Å². The smallest absolute Gasteiger partial charge is 0.252 e. The molecule has 0 saturated carbocycles. The Morgan fingerprint density at radius 1 is 1.36 bits per heavy atom. The molecule has 0 aliphatic carbocycles. The van der Waals surface area contributed by atoms with Crippen molar-refractivity contribution in [3.63, 3.8) is 0 Å². The third-order valence-electron chi connectivity index (χ3n) is 6.00. The van der Waals surface area contributed by atoms with E-state index >= 15 is 0 Å². The second kappa shape index (κ2) is 6.82. The lowest BCUT2D eigenvalue weighted by molar-refractivity contribution is -0.123. The lowest BCUT2D eigenvalue weighted by atomic mass is 9.89. The second-order valence-electron chi connectivity index (χ2n) is 7.37. The Hall–Kier alpha value is -3.09. The van der Waals surface area contributed by atoms with Gasteiger partial charge in [-0.2, -0.15) is 0 Å². The number of carbonyl (C=O) groups is 1. The van der Waals surface area contributed by atoms with Crippen LogP contribution in [-0.2, 0) is 4.79 Å². The molecular formula is C21H24N6O. The first-order chi connectivity index (χ1) is 13.5. The van der Waals surface area contributed by atoms with Crippen LogP contribution in [0.25, 0.3) is 0 Å². The highest BCUT2D eigenvalue weighted by atomic mass is 16.2. The van der Waals surface area contributed by atoms with Gasteiger partial charge < -0.3 is 20.6 Å². The molecule has 7 nitrogen and oxygen atoms in total. The largest absolute Gasteiger partial charge is 0.340 e. The van der Waals surface area contributed by atoms with Crippen molar-refractivity contribution in [2.24, 2.45) is 0 Å². The van der Waals surface area contributed by atoms with Gasteiger partial charge in [-0.05, 0) is 24.8 Å². The molecule has 28 heavy (non-hydrogen) atoms. The third-order valence-corrected chi connectivity index (χ3v) is 6.00. The number of rotatable bonds is 5. The van der Waals surface area contributed by atoms with Gasteiger partial charge in [-0.1, -0.05) is 37.3 Å². The molecule has 144 valence electrons. The van der Waals surface area contributed by atoms with E-state index in [0.717, 1.165) is 37.2 Å². The number of nitrogens with zero attached hydrogens (tertiary/aromatic N) is 4. The molecule has 1 aromatic carbocycles. The number of hydrogen-bond donors (Lipinski definition) is 2. The van der Waals surface area contributed by atoms with Gasteiger partial charge in [0.05, 0.1) is 17.8 Å².